The molecule has 0 saturated carbocycles. The molecule has 0 atom stereocenters. The SMILES string of the molecule is CC(C)CCNCc1ccc(Oc2ncc(C(N)=O)s2)c(Cl)c1. The minimum atomic E-state index is -0.522. The van der Waals surface area contributed by atoms with Crippen LogP contribution in [-0.4, -0.2) is 17.4 Å². The summed E-state index contributed by atoms with van der Waals surface area (Å²) < 4.78 is 5.60. The smallest absolute Gasteiger partial charge is 0.279 e. The molecule has 7 heteroatoms. The van der Waals surface area contributed by atoms with Gasteiger partial charge in [0.25, 0.3) is 11.1 Å². The molecule has 0 aliphatic rings. The van der Waals surface area contributed by atoms with Gasteiger partial charge in [0.05, 0.1) is 11.2 Å². The van der Waals surface area contributed by atoms with Gasteiger partial charge in [0.2, 0.25) is 0 Å². The lowest BCUT2D eigenvalue weighted by Crippen LogP contribution is -2.16. The average molecular weight is 354 g/mol. The van der Waals surface area contributed by atoms with Gasteiger partial charge in [-0.25, -0.2) is 4.98 Å². The Hall–Kier alpha value is -1.63. The predicted molar refractivity (Wildman–Crippen MR) is 93.3 cm³/mol. The highest BCUT2D eigenvalue weighted by Crippen LogP contribution is 2.32. The van der Waals surface area contributed by atoms with Gasteiger partial charge in [0.15, 0.2) is 0 Å². The Labute approximate surface area is 144 Å². The maximum absolute atomic E-state index is 11.0. The second-order valence-electron chi connectivity index (χ2n) is 5.58. The van der Waals surface area contributed by atoms with E-state index < -0.39 is 5.91 Å². The van der Waals surface area contributed by atoms with Gasteiger partial charge in [-0.2, -0.15) is 0 Å². The van der Waals surface area contributed by atoms with Gasteiger partial charge < -0.3 is 15.8 Å². The Balaban J connectivity index is 1.94. The molecule has 0 bridgehead atoms. The van der Waals surface area contributed by atoms with Crippen LogP contribution in [0.1, 0.15) is 35.5 Å². The number of halogens is 1. The zero-order valence-electron chi connectivity index (χ0n) is 13.1. The van der Waals surface area contributed by atoms with E-state index >= 15 is 0 Å². The Kier molecular flexibility index (Phi) is 6.38. The summed E-state index contributed by atoms with van der Waals surface area (Å²) in [6.45, 7) is 6.14. The van der Waals surface area contributed by atoms with Crippen LogP contribution in [0, 0.1) is 5.92 Å². The summed E-state index contributed by atoms with van der Waals surface area (Å²) >= 11 is 7.33. The predicted octanol–water partition coefficient (Wildman–Crippen LogP) is 3.82. The van der Waals surface area contributed by atoms with Crippen molar-refractivity contribution >= 4 is 28.8 Å². The number of nitrogens with one attached hydrogen (secondary N) is 1. The summed E-state index contributed by atoms with van der Waals surface area (Å²) in [5.74, 6) is 0.666. The van der Waals surface area contributed by atoms with E-state index in [1.54, 1.807) is 6.07 Å². The second-order valence-corrected chi connectivity index (χ2v) is 6.98. The van der Waals surface area contributed by atoms with Crippen LogP contribution < -0.4 is 15.8 Å². The van der Waals surface area contributed by atoms with Crippen LogP contribution >= 0.6 is 22.9 Å². The van der Waals surface area contributed by atoms with Crippen molar-refractivity contribution in [2.45, 2.75) is 26.8 Å². The fraction of sp³-hybridized carbons (Fsp3) is 0.375. The molecule has 1 amide bonds. The Bertz CT molecular complexity index is 673. The van der Waals surface area contributed by atoms with Crippen molar-refractivity contribution in [2.24, 2.45) is 11.7 Å². The number of aromatic nitrogens is 1. The van der Waals surface area contributed by atoms with Crippen molar-refractivity contribution in [3.8, 4) is 10.9 Å². The molecule has 0 fully saturated rings. The summed E-state index contributed by atoms with van der Waals surface area (Å²) in [4.78, 5) is 15.4. The quantitative estimate of drug-likeness (QED) is 0.707. The third kappa shape index (κ3) is 5.49. The van der Waals surface area contributed by atoms with E-state index in [-0.39, 0.29) is 0 Å². The maximum Gasteiger partial charge on any atom is 0.279 e. The highest BCUT2D eigenvalue weighted by molar-refractivity contribution is 7.15. The number of nitrogens with two attached hydrogens (primary N) is 1. The molecule has 0 aliphatic heterocycles. The summed E-state index contributed by atoms with van der Waals surface area (Å²) in [7, 11) is 0. The molecule has 1 aromatic heterocycles. The molecule has 0 spiro atoms. The fourth-order valence-corrected chi connectivity index (χ4v) is 2.75. The molecule has 5 nitrogen and oxygen atoms in total. The number of rotatable bonds is 8. The zero-order valence-corrected chi connectivity index (χ0v) is 14.7. The number of nitrogens with zero attached hydrogens (tertiary/aromatic N) is 1. The average Bonchev–Trinajstić information content (AvgIpc) is 2.95. The van der Waals surface area contributed by atoms with E-state index in [1.165, 1.54) is 6.20 Å². The minimum absolute atomic E-state index is 0.337. The van der Waals surface area contributed by atoms with Crippen molar-refractivity contribution in [1.82, 2.24) is 10.3 Å². The van der Waals surface area contributed by atoms with Crippen molar-refractivity contribution < 1.29 is 9.53 Å². The molecule has 0 saturated heterocycles. The van der Waals surface area contributed by atoms with Crippen LogP contribution in [0.25, 0.3) is 0 Å². The maximum atomic E-state index is 11.0. The standard InChI is InChI=1S/C16H20ClN3O2S/c1-10(2)5-6-19-8-11-3-4-13(12(17)7-11)22-16-20-9-14(23-16)15(18)21/h3-4,7,9-10,19H,5-6,8H2,1-2H3,(H2,18,21). The Morgan fingerprint density at radius 1 is 1.48 bits per heavy atom. The third-order valence-electron chi connectivity index (χ3n) is 3.15. The van der Waals surface area contributed by atoms with Crippen LogP contribution in [0.15, 0.2) is 24.4 Å². The number of benzene rings is 1. The van der Waals surface area contributed by atoms with Crippen molar-refractivity contribution in [3.63, 3.8) is 0 Å². The van der Waals surface area contributed by atoms with E-state index in [9.17, 15) is 4.79 Å². The van der Waals surface area contributed by atoms with E-state index in [0.29, 0.717) is 26.8 Å². The number of carbonyl (C=O) groups excluding carboxylic acids is 1. The van der Waals surface area contributed by atoms with Crippen LogP contribution in [0.4, 0.5) is 0 Å². The zero-order chi connectivity index (χ0) is 16.8. The third-order valence-corrected chi connectivity index (χ3v) is 4.33. The van der Waals surface area contributed by atoms with Crippen LogP contribution in [-0.2, 0) is 6.54 Å². The van der Waals surface area contributed by atoms with Crippen LogP contribution in [0.2, 0.25) is 5.02 Å². The van der Waals surface area contributed by atoms with Gasteiger partial charge in [0.1, 0.15) is 10.6 Å². The normalized spacial score (nSPS) is 11.0. The van der Waals surface area contributed by atoms with E-state index in [4.69, 9.17) is 22.1 Å². The van der Waals surface area contributed by atoms with Crippen LogP contribution in [0.5, 0.6) is 10.9 Å². The molecule has 1 heterocycles. The summed E-state index contributed by atoms with van der Waals surface area (Å²) in [5, 5.41) is 4.22. The topological polar surface area (TPSA) is 77.2 Å². The number of primary amides is 1. The Morgan fingerprint density at radius 3 is 2.87 bits per heavy atom. The molecule has 2 rings (SSSR count). The number of ether oxygens (including phenoxy) is 1. The summed E-state index contributed by atoms with van der Waals surface area (Å²) in [6.07, 6.45) is 2.53. The van der Waals surface area contributed by atoms with Crippen LogP contribution in [0.3, 0.4) is 0 Å². The van der Waals surface area contributed by atoms with Crippen molar-refractivity contribution in [2.75, 3.05) is 6.54 Å². The van der Waals surface area contributed by atoms with Gasteiger partial charge in [-0.3, -0.25) is 4.79 Å². The highest BCUT2D eigenvalue weighted by atomic mass is 35.5. The number of hydrogen-bond donors (Lipinski definition) is 2. The first-order valence-corrected chi connectivity index (χ1v) is 8.57. The molecule has 0 unspecified atom stereocenters. The van der Waals surface area contributed by atoms with E-state index in [2.05, 4.69) is 24.1 Å². The van der Waals surface area contributed by atoms with Gasteiger partial charge >= 0.3 is 0 Å². The van der Waals surface area contributed by atoms with Crippen molar-refractivity contribution in [1.29, 1.82) is 0 Å². The molecule has 124 valence electrons. The lowest BCUT2D eigenvalue weighted by molar-refractivity contribution is 0.100. The summed E-state index contributed by atoms with van der Waals surface area (Å²) in [6, 6.07) is 5.61. The lowest BCUT2D eigenvalue weighted by atomic mass is 10.1. The molecule has 23 heavy (non-hydrogen) atoms. The molecule has 3 N–H and O–H groups in total. The molecular weight excluding hydrogens is 334 g/mol. The molecule has 0 radical (unpaired) electrons. The van der Waals surface area contributed by atoms with E-state index in [0.717, 1.165) is 36.4 Å². The number of amides is 1. The van der Waals surface area contributed by atoms with Crippen molar-refractivity contribution in [3.05, 3.63) is 39.9 Å². The molecule has 0 aliphatic carbocycles. The lowest BCUT2D eigenvalue weighted by Gasteiger charge is -2.09. The molecule has 1 aromatic carbocycles. The van der Waals surface area contributed by atoms with E-state index in [1.807, 2.05) is 12.1 Å². The Morgan fingerprint density at radius 2 is 2.26 bits per heavy atom. The molecular formula is C16H20ClN3O2S. The largest absolute Gasteiger partial charge is 0.429 e. The highest BCUT2D eigenvalue weighted by Gasteiger charge is 2.10. The number of hydrogen-bond acceptors (Lipinski definition) is 5. The van der Waals surface area contributed by atoms with Gasteiger partial charge in [-0.1, -0.05) is 42.9 Å². The fourth-order valence-electron chi connectivity index (χ4n) is 1.87. The minimum Gasteiger partial charge on any atom is -0.429 e. The summed E-state index contributed by atoms with van der Waals surface area (Å²) in [5.41, 5.74) is 6.28. The van der Waals surface area contributed by atoms with Gasteiger partial charge in [0, 0.05) is 6.54 Å². The first-order valence-electron chi connectivity index (χ1n) is 7.38. The van der Waals surface area contributed by atoms with Gasteiger partial charge in [-0.05, 0) is 36.6 Å². The van der Waals surface area contributed by atoms with Gasteiger partial charge in [-0.15, -0.1) is 0 Å². The monoisotopic (exact) mass is 353 g/mol. The second kappa shape index (κ2) is 8.29. The number of thiazole rings is 1. The first kappa shape index (κ1) is 17.7. The first-order chi connectivity index (χ1) is 11.0. The molecule has 2 aromatic rings. The number of carbonyl (C=O) groups is 1.